The number of aromatic nitrogens is 3. The van der Waals surface area contributed by atoms with E-state index < -0.39 is 0 Å². The van der Waals surface area contributed by atoms with E-state index in [1.54, 1.807) is 0 Å². The summed E-state index contributed by atoms with van der Waals surface area (Å²) in [6.45, 7) is 8.56. The molecule has 1 aliphatic rings. The monoisotopic (exact) mass is 345 g/mol. The van der Waals surface area contributed by atoms with Gasteiger partial charge in [-0.15, -0.1) is 10.2 Å². The quantitative estimate of drug-likeness (QED) is 0.902. The first kappa shape index (κ1) is 17.0. The molecule has 2 aromatic heterocycles. The molecule has 1 amide bonds. The Kier molecular flexibility index (Phi) is 5.20. The van der Waals surface area contributed by atoms with Gasteiger partial charge in [0.05, 0.1) is 6.54 Å². The molecule has 128 valence electrons. The first-order valence-corrected chi connectivity index (χ1v) is 9.06. The summed E-state index contributed by atoms with van der Waals surface area (Å²) in [6.07, 6.45) is 2.31. The number of anilines is 1. The van der Waals surface area contributed by atoms with Gasteiger partial charge in [-0.2, -0.15) is 0 Å². The number of likely N-dealkylation sites (tertiary alicyclic amines) is 1. The van der Waals surface area contributed by atoms with Crippen molar-refractivity contribution in [2.45, 2.75) is 40.2 Å². The van der Waals surface area contributed by atoms with Crippen molar-refractivity contribution < 1.29 is 4.79 Å². The van der Waals surface area contributed by atoms with E-state index in [9.17, 15) is 4.79 Å². The van der Waals surface area contributed by atoms with Gasteiger partial charge in [-0.25, -0.2) is 0 Å². The van der Waals surface area contributed by atoms with E-state index in [1.165, 1.54) is 30.2 Å². The van der Waals surface area contributed by atoms with Crippen molar-refractivity contribution in [1.29, 1.82) is 0 Å². The van der Waals surface area contributed by atoms with Crippen LogP contribution in [0.2, 0.25) is 0 Å². The van der Waals surface area contributed by atoms with Crippen LogP contribution in [0.5, 0.6) is 0 Å². The SMILES string of the molecule is CC(=O)Nc1nnc(CN2CCC(Cc3cc(C)nc(C)c3)C2)s1. The minimum absolute atomic E-state index is 0.109. The van der Waals surface area contributed by atoms with Gasteiger partial charge < -0.3 is 5.32 Å². The summed E-state index contributed by atoms with van der Waals surface area (Å²) in [6, 6.07) is 4.39. The minimum atomic E-state index is -0.109. The molecule has 1 aliphatic heterocycles. The Balaban J connectivity index is 1.53. The Hall–Kier alpha value is -1.86. The second-order valence-corrected chi connectivity index (χ2v) is 7.60. The zero-order valence-corrected chi connectivity index (χ0v) is 15.2. The molecule has 1 saturated heterocycles. The Morgan fingerprint density at radius 2 is 2.08 bits per heavy atom. The molecule has 0 aromatic carbocycles. The highest BCUT2D eigenvalue weighted by atomic mass is 32.1. The lowest BCUT2D eigenvalue weighted by atomic mass is 9.98. The van der Waals surface area contributed by atoms with Gasteiger partial charge in [0.2, 0.25) is 11.0 Å². The average Bonchev–Trinajstić information content (AvgIpc) is 3.07. The summed E-state index contributed by atoms with van der Waals surface area (Å²) in [5.41, 5.74) is 3.58. The van der Waals surface area contributed by atoms with E-state index in [0.29, 0.717) is 11.0 Å². The van der Waals surface area contributed by atoms with Gasteiger partial charge in [0.15, 0.2) is 0 Å². The van der Waals surface area contributed by atoms with E-state index >= 15 is 0 Å². The smallest absolute Gasteiger partial charge is 0.223 e. The molecule has 1 N–H and O–H groups in total. The Morgan fingerprint density at radius 3 is 2.79 bits per heavy atom. The third kappa shape index (κ3) is 4.58. The van der Waals surface area contributed by atoms with Gasteiger partial charge in [0.25, 0.3) is 0 Å². The zero-order chi connectivity index (χ0) is 17.1. The van der Waals surface area contributed by atoms with E-state index in [4.69, 9.17) is 0 Å². The second kappa shape index (κ2) is 7.36. The maximum Gasteiger partial charge on any atom is 0.223 e. The number of nitrogens with zero attached hydrogens (tertiary/aromatic N) is 4. The molecule has 7 heteroatoms. The van der Waals surface area contributed by atoms with Crippen LogP contribution in [-0.4, -0.2) is 39.1 Å². The molecule has 0 radical (unpaired) electrons. The Bertz CT molecular complexity index is 709. The summed E-state index contributed by atoms with van der Waals surface area (Å²) in [4.78, 5) is 17.9. The molecular weight excluding hydrogens is 322 g/mol. The number of aryl methyl sites for hydroxylation is 2. The van der Waals surface area contributed by atoms with Gasteiger partial charge in [-0.3, -0.25) is 14.7 Å². The molecule has 0 spiro atoms. The topological polar surface area (TPSA) is 71.0 Å². The molecule has 0 aliphatic carbocycles. The summed E-state index contributed by atoms with van der Waals surface area (Å²) in [7, 11) is 0. The maximum atomic E-state index is 11.0. The van der Waals surface area contributed by atoms with E-state index in [2.05, 4.69) is 51.4 Å². The van der Waals surface area contributed by atoms with Crippen LogP contribution in [0.15, 0.2) is 12.1 Å². The van der Waals surface area contributed by atoms with E-state index in [0.717, 1.165) is 42.5 Å². The van der Waals surface area contributed by atoms with Crippen LogP contribution in [0.3, 0.4) is 0 Å². The van der Waals surface area contributed by atoms with Crippen LogP contribution in [0, 0.1) is 19.8 Å². The largest absolute Gasteiger partial charge is 0.301 e. The van der Waals surface area contributed by atoms with Crippen molar-refractivity contribution in [3.63, 3.8) is 0 Å². The van der Waals surface area contributed by atoms with Crippen molar-refractivity contribution in [3.8, 4) is 0 Å². The normalized spacial score (nSPS) is 18.0. The van der Waals surface area contributed by atoms with Crippen molar-refractivity contribution in [3.05, 3.63) is 34.1 Å². The number of pyridine rings is 1. The van der Waals surface area contributed by atoms with Gasteiger partial charge in [-0.1, -0.05) is 11.3 Å². The Morgan fingerprint density at radius 1 is 1.33 bits per heavy atom. The third-order valence-corrected chi connectivity index (χ3v) is 4.97. The predicted molar refractivity (Wildman–Crippen MR) is 95.0 cm³/mol. The van der Waals surface area contributed by atoms with E-state index in [-0.39, 0.29) is 5.91 Å². The molecule has 1 atom stereocenters. The standard InChI is InChI=1S/C17H23N5OS/c1-11-6-15(7-12(2)18-11)8-14-4-5-22(9-14)10-16-20-21-17(24-16)19-13(3)23/h6-7,14H,4-5,8-10H2,1-3H3,(H,19,21,23). The first-order chi connectivity index (χ1) is 11.5. The molecule has 3 heterocycles. The van der Waals surface area contributed by atoms with Crippen molar-refractivity contribution >= 4 is 22.4 Å². The second-order valence-electron chi connectivity index (χ2n) is 6.53. The predicted octanol–water partition coefficient (Wildman–Crippen LogP) is 2.57. The molecule has 0 saturated carbocycles. The lowest BCUT2D eigenvalue weighted by Crippen LogP contribution is -2.20. The molecular formula is C17H23N5OS. The number of hydrogen-bond donors (Lipinski definition) is 1. The summed E-state index contributed by atoms with van der Waals surface area (Å²) in [5, 5.41) is 12.4. The minimum Gasteiger partial charge on any atom is -0.301 e. The zero-order valence-electron chi connectivity index (χ0n) is 14.4. The molecule has 0 bridgehead atoms. The molecule has 1 unspecified atom stereocenters. The number of nitrogens with one attached hydrogen (secondary N) is 1. The van der Waals surface area contributed by atoms with Crippen molar-refractivity contribution in [2.24, 2.45) is 5.92 Å². The molecule has 3 rings (SSSR count). The lowest BCUT2D eigenvalue weighted by molar-refractivity contribution is -0.114. The number of hydrogen-bond acceptors (Lipinski definition) is 6. The number of carbonyl (C=O) groups is 1. The highest BCUT2D eigenvalue weighted by molar-refractivity contribution is 7.15. The lowest BCUT2D eigenvalue weighted by Gasteiger charge is -2.14. The number of carbonyl (C=O) groups excluding carboxylic acids is 1. The maximum absolute atomic E-state index is 11.0. The van der Waals surface area contributed by atoms with Gasteiger partial charge >= 0.3 is 0 Å². The van der Waals surface area contributed by atoms with Crippen molar-refractivity contribution in [2.75, 3.05) is 18.4 Å². The fraction of sp³-hybridized carbons (Fsp3) is 0.529. The fourth-order valence-corrected chi connectivity index (χ4v) is 4.13. The Labute approximate surface area is 146 Å². The van der Waals surface area contributed by atoms with Gasteiger partial charge in [0, 0.05) is 24.9 Å². The fourth-order valence-electron chi connectivity index (χ4n) is 3.31. The first-order valence-electron chi connectivity index (χ1n) is 8.24. The van der Waals surface area contributed by atoms with Crippen LogP contribution in [0.25, 0.3) is 0 Å². The summed E-state index contributed by atoms with van der Waals surface area (Å²) in [5.74, 6) is 0.566. The van der Waals surface area contributed by atoms with Crippen LogP contribution < -0.4 is 5.32 Å². The number of amides is 1. The average molecular weight is 345 g/mol. The summed E-state index contributed by atoms with van der Waals surface area (Å²) < 4.78 is 0. The molecule has 2 aromatic rings. The van der Waals surface area contributed by atoms with Crippen LogP contribution in [0.4, 0.5) is 5.13 Å². The molecule has 24 heavy (non-hydrogen) atoms. The van der Waals surface area contributed by atoms with Crippen molar-refractivity contribution in [1.82, 2.24) is 20.1 Å². The van der Waals surface area contributed by atoms with Crippen LogP contribution in [0.1, 0.15) is 35.3 Å². The van der Waals surface area contributed by atoms with E-state index in [1.807, 2.05) is 0 Å². The molecule has 1 fully saturated rings. The molecule has 6 nitrogen and oxygen atoms in total. The van der Waals surface area contributed by atoms with Gasteiger partial charge in [-0.05, 0) is 56.8 Å². The summed E-state index contributed by atoms with van der Waals surface area (Å²) >= 11 is 1.45. The highest BCUT2D eigenvalue weighted by Gasteiger charge is 2.24. The van der Waals surface area contributed by atoms with Crippen LogP contribution in [-0.2, 0) is 17.8 Å². The highest BCUT2D eigenvalue weighted by Crippen LogP contribution is 2.24. The number of rotatable bonds is 5. The van der Waals surface area contributed by atoms with Gasteiger partial charge in [0.1, 0.15) is 5.01 Å². The third-order valence-electron chi connectivity index (χ3n) is 4.14. The van der Waals surface area contributed by atoms with Crippen LogP contribution >= 0.6 is 11.3 Å².